The lowest BCUT2D eigenvalue weighted by atomic mass is 10.3. The van der Waals surface area contributed by atoms with Gasteiger partial charge < -0.3 is 14.9 Å². The molecule has 1 aromatic heterocycles. The topological polar surface area (TPSA) is 61.3 Å². The number of ether oxygens (including phenoxy) is 1. The number of thioether (sulfide) groups is 1. The van der Waals surface area contributed by atoms with Gasteiger partial charge in [-0.2, -0.15) is 0 Å². The van der Waals surface area contributed by atoms with Gasteiger partial charge in [0.05, 0.1) is 18.0 Å². The third-order valence-corrected chi connectivity index (χ3v) is 3.22. The first-order chi connectivity index (χ1) is 8.75. The van der Waals surface area contributed by atoms with Gasteiger partial charge in [0.2, 0.25) is 0 Å². The van der Waals surface area contributed by atoms with Gasteiger partial charge in [-0.1, -0.05) is 23.9 Å². The van der Waals surface area contributed by atoms with Crippen LogP contribution < -0.4 is 10.5 Å². The van der Waals surface area contributed by atoms with Crippen molar-refractivity contribution in [3.8, 4) is 5.75 Å². The average molecular weight is 264 g/mol. The van der Waals surface area contributed by atoms with Gasteiger partial charge in [-0.15, -0.1) is 0 Å². The molecule has 0 spiro atoms. The van der Waals surface area contributed by atoms with Crippen LogP contribution in [0, 0.1) is 6.92 Å². The number of oxazole rings is 1. The second-order valence-corrected chi connectivity index (χ2v) is 4.89. The second kappa shape index (κ2) is 6.35. The summed E-state index contributed by atoms with van der Waals surface area (Å²) in [7, 11) is 0. The molecular weight excluding hydrogens is 248 g/mol. The number of aromatic nitrogens is 1. The molecule has 0 fully saturated rings. The van der Waals surface area contributed by atoms with Gasteiger partial charge in [-0.05, 0) is 25.5 Å². The molecule has 2 rings (SSSR count). The lowest BCUT2D eigenvalue weighted by Gasteiger charge is -2.07. The number of benzene rings is 1. The number of nitrogen functional groups attached to an aromatic ring is 1. The molecule has 5 heteroatoms. The van der Waals surface area contributed by atoms with E-state index in [0.29, 0.717) is 17.5 Å². The van der Waals surface area contributed by atoms with Crippen molar-refractivity contribution in [1.82, 2.24) is 4.98 Å². The summed E-state index contributed by atoms with van der Waals surface area (Å²) in [6.07, 6.45) is 2.57. The minimum atomic E-state index is 0.640. The number of anilines is 1. The van der Waals surface area contributed by atoms with E-state index < -0.39 is 0 Å². The van der Waals surface area contributed by atoms with Gasteiger partial charge in [0.1, 0.15) is 12.0 Å². The maximum Gasteiger partial charge on any atom is 0.255 e. The van der Waals surface area contributed by atoms with Gasteiger partial charge in [0.25, 0.3) is 5.22 Å². The van der Waals surface area contributed by atoms with E-state index in [0.717, 1.165) is 23.6 Å². The lowest BCUT2D eigenvalue weighted by molar-refractivity contribution is 0.320. The summed E-state index contributed by atoms with van der Waals surface area (Å²) in [6, 6.07) is 7.51. The number of rotatable bonds is 6. The van der Waals surface area contributed by atoms with E-state index in [1.165, 1.54) is 0 Å². The number of para-hydroxylation sites is 2. The van der Waals surface area contributed by atoms with Crippen molar-refractivity contribution in [3.63, 3.8) is 0 Å². The van der Waals surface area contributed by atoms with Gasteiger partial charge in [0.15, 0.2) is 0 Å². The van der Waals surface area contributed by atoms with Crippen molar-refractivity contribution in [3.05, 3.63) is 36.2 Å². The maximum absolute atomic E-state index is 5.77. The quantitative estimate of drug-likeness (QED) is 0.493. The first-order valence-electron chi connectivity index (χ1n) is 5.78. The fourth-order valence-corrected chi connectivity index (χ4v) is 2.17. The highest BCUT2D eigenvalue weighted by Gasteiger charge is 2.02. The molecule has 0 unspecified atom stereocenters. The highest BCUT2D eigenvalue weighted by atomic mass is 32.2. The van der Waals surface area contributed by atoms with Crippen LogP contribution in [0.25, 0.3) is 0 Å². The average Bonchev–Trinajstić information content (AvgIpc) is 2.77. The Balaban J connectivity index is 1.66. The number of aryl methyl sites for hydroxylation is 1. The molecule has 2 N–H and O–H groups in total. The SMILES string of the molecule is Cc1coc(SCCCOc2ccccc2N)n1. The normalized spacial score (nSPS) is 10.5. The van der Waals surface area contributed by atoms with Crippen LogP contribution in [-0.4, -0.2) is 17.3 Å². The van der Waals surface area contributed by atoms with E-state index in [1.807, 2.05) is 31.2 Å². The van der Waals surface area contributed by atoms with Crippen molar-refractivity contribution in [2.75, 3.05) is 18.1 Å². The van der Waals surface area contributed by atoms with Crippen LogP contribution in [0.3, 0.4) is 0 Å². The van der Waals surface area contributed by atoms with Crippen LogP contribution in [0.5, 0.6) is 5.75 Å². The Morgan fingerprint density at radius 3 is 2.94 bits per heavy atom. The number of nitrogens with zero attached hydrogens (tertiary/aromatic N) is 1. The summed E-state index contributed by atoms with van der Waals surface area (Å²) in [6.45, 7) is 2.55. The molecule has 1 heterocycles. The summed E-state index contributed by atoms with van der Waals surface area (Å²) in [5.74, 6) is 1.65. The van der Waals surface area contributed by atoms with Crippen LogP contribution in [0.2, 0.25) is 0 Å². The summed E-state index contributed by atoms with van der Waals surface area (Å²) in [5, 5.41) is 0.715. The second-order valence-electron chi connectivity index (χ2n) is 3.84. The molecular formula is C13H16N2O2S. The van der Waals surface area contributed by atoms with Crippen LogP contribution in [0.1, 0.15) is 12.1 Å². The lowest BCUT2D eigenvalue weighted by Crippen LogP contribution is -2.01. The standard InChI is InChI=1S/C13H16N2O2S/c1-10-9-17-13(15-10)18-8-4-7-16-12-6-3-2-5-11(12)14/h2-3,5-6,9H,4,7-8,14H2,1H3. The van der Waals surface area contributed by atoms with E-state index in [9.17, 15) is 0 Å². The van der Waals surface area contributed by atoms with Gasteiger partial charge in [-0.3, -0.25) is 0 Å². The van der Waals surface area contributed by atoms with Crippen molar-refractivity contribution >= 4 is 17.4 Å². The molecule has 0 aliphatic heterocycles. The summed E-state index contributed by atoms with van der Waals surface area (Å²) in [5.41, 5.74) is 7.36. The molecule has 4 nitrogen and oxygen atoms in total. The molecule has 0 atom stereocenters. The molecule has 0 amide bonds. The van der Waals surface area contributed by atoms with Gasteiger partial charge >= 0.3 is 0 Å². The highest BCUT2D eigenvalue weighted by Crippen LogP contribution is 2.21. The molecule has 0 saturated carbocycles. The van der Waals surface area contributed by atoms with Crippen molar-refractivity contribution in [2.45, 2.75) is 18.6 Å². The van der Waals surface area contributed by atoms with E-state index in [1.54, 1.807) is 18.0 Å². The largest absolute Gasteiger partial charge is 0.491 e. The minimum absolute atomic E-state index is 0.640. The molecule has 18 heavy (non-hydrogen) atoms. The Hall–Kier alpha value is -1.62. The zero-order chi connectivity index (χ0) is 12.8. The number of hydrogen-bond donors (Lipinski definition) is 1. The number of hydrogen-bond acceptors (Lipinski definition) is 5. The van der Waals surface area contributed by atoms with Crippen LogP contribution in [0.4, 0.5) is 5.69 Å². The van der Waals surface area contributed by atoms with Gasteiger partial charge in [0, 0.05) is 5.75 Å². The molecule has 0 saturated heterocycles. The third-order valence-electron chi connectivity index (χ3n) is 2.29. The Kier molecular flexibility index (Phi) is 4.52. The van der Waals surface area contributed by atoms with Crippen molar-refractivity contribution < 1.29 is 9.15 Å². The van der Waals surface area contributed by atoms with Crippen molar-refractivity contribution in [1.29, 1.82) is 0 Å². The Morgan fingerprint density at radius 2 is 2.22 bits per heavy atom. The van der Waals surface area contributed by atoms with E-state index in [4.69, 9.17) is 14.9 Å². The summed E-state index contributed by atoms with van der Waals surface area (Å²) in [4.78, 5) is 4.22. The predicted molar refractivity (Wildman–Crippen MR) is 72.9 cm³/mol. The Labute approximate surface area is 111 Å². The summed E-state index contributed by atoms with van der Waals surface area (Å²) >= 11 is 1.59. The molecule has 1 aromatic carbocycles. The fraction of sp³-hybridized carbons (Fsp3) is 0.308. The van der Waals surface area contributed by atoms with Crippen LogP contribution in [-0.2, 0) is 0 Å². The van der Waals surface area contributed by atoms with E-state index >= 15 is 0 Å². The van der Waals surface area contributed by atoms with E-state index in [-0.39, 0.29) is 0 Å². The molecule has 0 radical (unpaired) electrons. The maximum atomic E-state index is 5.77. The zero-order valence-corrected chi connectivity index (χ0v) is 11.1. The Morgan fingerprint density at radius 1 is 1.39 bits per heavy atom. The Bertz CT molecular complexity index is 499. The monoisotopic (exact) mass is 264 g/mol. The molecule has 96 valence electrons. The smallest absolute Gasteiger partial charge is 0.255 e. The molecule has 2 aromatic rings. The van der Waals surface area contributed by atoms with Crippen LogP contribution in [0.15, 0.2) is 40.2 Å². The third kappa shape index (κ3) is 3.70. The minimum Gasteiger partial charge on any atom is -0.491 e. The van der Waals surface area contributed by atoms with E-state index in [2.05, 4.69) is 4.98 Å². The molecule has 0 aliphatic carbocycles. The molecule has 0 bridgehead atoms. The van der Waals surface area contributed by atoms with Crippen LogP contribution >= 0.6 is 11.8 Å². The molecule has 0 aliphatic rings. The van der Waals surface area contributed by atoms with Gasteiger partial charge in [-0.25, -0.2) is 4.98 Å². The fourth-order valence-electron chi connectivity index (χ4n) is 1.41. The number of nitrogens with two attached hydrogens (primary N) is 1. The predicted octanol–water partition coefficient (Wildman–Crippen LogP) is 3.13. The summed E-state index contributed by atoms with van der Waals surface area (Å²) < 4.78 is 10.8. The first-order valence-corrected chi connectivity index (χ1v) is 6.76. The first kappa shape index (κ1) is 12.8. The zero-order valence-electron chi connectivity index (χ0n) is 10.3. The van der Waals surface area contributed by atoms with Crippen molar-refractivity contribution in [2.24, 2.45) is 0 Å². The highest BCUT2D eigenvalue weighted by molar-refractivity contribution is 7.99.